The second-order valence-electron chi connectivity index (χ2n) is 5.98. The largest absolute Gasteiger partial charge is 0.388 e. The molecular formula is C17H21N3O. The van der Waals surface area contributed by atoms with E-state index < -0.39 is 0 Å². The second-order valence-corrected chi connectivity index (χ2v) is 5.98. The number of anilines is 1. The molecule has 0 spiro atoms. The van der Waals surface area contributed by atoms with E-state index in [1.54, 1.807) is 4.90 Å². The summed E-state index contributed by atoms with van der Waals surface area (Å²) in [7, 11) is 3.73. The van der Waals surface area contributed by atoms with Crippen molar-refractivity contribution in [3.63, 3.8) is 0 Å². The zero-order valence-electron chi connectivity index (χ0n) is 12.8. The molecule has 0 radical (unpaired) electrons. The SMILES string of the molecule is CNc1cc(C(=O)N(C)CC2CC2C)nc2ccccc12. The lowest BCUT2D eigenvalue weighted by molar-refractivity contribution is 0.0781. The van der Waals surface area contributed by atoms with Gasteiger partial charge in [0, 0.05) is 31.7 Å². The molecule has 2 aromatic rings. The highest BCUT2D eigenvalue weighted by Gasteiger charge is 2.34. The van der Waals surface area contributed by atoms with E-state index in [1.807, 2.05) is 44.4 Å². The summed E-state index contributed by atoms with van der Waals surface area (Å²) in [6, 6.07) is 9.72. The van der Waals surface area contributed by atoms with E-state index in [2.05, 4.69) is 17.2 Å². The average molecular weight is 283 g/mol. The minimum atomic E-state index is -0.00338. The molecule has 0 aliphatic heterocycles. The Kier molecular flexibility index (Phi) is 3.53. The number of rotatable bonds is 4. The lowest BCUT2D eigenvalue weighted by atomic mass is 10.1. The summed E-state index contributed by atoms with van der Waals surface area (Å²) in [5.41, 5.74) is 2.30. The number of aromatic nitrogens is 1. The predicted octanol–water partition coefficient (Wildman–Crippen LogP) is 3.00. The first kappa shape index (κ1) is 13.9. The molecule has 3 rings (SSSR count). The number of para-hydroxylation sites is 1. The van der Waals surface area contributed by atoms with Crippen molar-refractivity contribution in [1.82, 2.24) is 9.88 Å². The molecular weight excluding hydrogens is 262 g/mol. The van der Waals surface area contributed by atoms with Crippen LogP contribution >= 0.6 is 0 Å². The molecule has 1 aromatic carbocycles. The normalized spacial score (nSPS) is 20.3. The Labute approximate surface area is 125 Å². The van der Waals surface area contributed by atoms with Gasteiger partial charge in [-0.2, -0.15) is 0 Å². The zero-order valence-corrected chi connectivity index (χ0v) is 12.8. The average Bonchev–Trinajstić information content (AvgIpc) is 3.20. The molecule has 1 amide bonds. The van der Waals surface area contributed by atoms with E-state index in [4.69, 9.17) is 0 Å². The van der Waals surface area contributed by atoms with Crippen LogP contribution in [0.2, 0.25) is 0 Å². The van der Waals surface area contributed by atoms with Gasteiger partial charge in [0.25, 0.3) is 5.91 Å². The van der Waals surface area contributed by atoms with Crippen LogP contribution in [0.15, 0.2) is 30.3 Å². The van der Waals surface area contributed by atoms with Gasteiger partial charge in [0.2, 0.25) is 0 Å². The Hall–Kier alpha value is -2.10. The van der Waals surface area contributed by atoms with Gasteiger partial charge in [0.15, 0.2) is 0 Å². The maximum Gasteiger partial charge on any atom is 0.272 e. The number of hydrogen-bond donors (Lipinski definition) is 1. The third-order valence-corrected chi connectivity index (χ3v) is 4.34. The molecule has 21 heavy (non-hydrogen) atoms. The Morgan fingerprint density at radius 3 is 2.81 bits per heavy atom. The fourth-order valence-electron chi connectivity index (χ4n) is 2.78. The molecule has 1 saturated carbocycles. The molecule has 1 aromatic heterocycles. The molecule has 1 aliphatic carbocycles. The molecule has 0 saturated heterocycles. The van der Waals surface area contributed by atoms with Gasteiger partial charge in [-0.1, -0.05) is 25.1 Å². The van der Waals surface area contributed by atoms with Crippen molar-refractivity contribution in [2.75, 3.05) is 26.0 Å². The van der Waals surface area contributed by atoms with Crippen LogP contribution in [0.4, 0.5) is 5.69 Å². The Balaban J connectivity index is 1.90. The van der Waals surface area contributed by atoms with Crippen LogP contribution in [0.1, 0.15) is 23.8 Å². The minimum absolute atomic E-state index is 0.00338. The number of hydrogen-bond acceptors (Lipinski definition) is 3. The summed E-state index contributed by atoms with van der Waals surface area (Å²) in [4.78, 5) is 18.9. The monoisotopic (exact) mass is 283 g/mol. The number of amides is 1. The third-order valence-electron chi connectivity index (χ3n) is 4.34. The maximum atomic E-state index is 12.6. The van der Waals surface area contributed by atoms with E-state index in [0.29, 0.717) is 11.6 Å². The van der Waals surface area contributed by atoms with Crippen molar-refractivity contribution >= 4 is 22.5 Å². The summed E-state index contributed by atoms with van der Waals surface area (Å²) in [5.74, 6) is 1.40. The molecule has 1 aliphatic rings. The first-order valence-electron chi connectivity index (χ1n) is 7.43. The summed E-state index contributed by atoms with van der Waals surface area (Å²) in [6.07, 6.45) is 1.23. The quantitative estimate of drug-likeness (QED) is 0.938. The molecule has 4 nitrogen and oxygen atoms in total. The molecule has 4 heteroatoms. The molecule has 0 bridgehead atoms. The highest BCUT2D eigenvalue weighted by molar-refractivity contribution is 5.99. The number of fused-ring (bicyclic) bond motifs is 1. The van der Waals surface area contributed by atoms with E-state index in [0.717, 1.165) is 29.1 Å². The smallest absolute Gasteiger partial charge is 0.272 e. The standard InChI is InChI=1S/C17H21N3O/c1-11-8-12(11)10-20(3)17(21)16-9-15(18-2)13-6-4-5-7-14(13)19-16/h4-7,9,11-12H,8,10H2,1-3H3,(H,18,19). The Morgan fingerprint density at radius 1 is 1.43 bits per heavy atom. The van der Waals surface area contributed by atoms with Crippen molar-refractivity contribution in [2.45, 2.75) is 13.3 Å². The van der Waals surface area contributed by atoms with Crippen LogP contribution in [-0.4, -0.2) is 36.4 Å². The molecule has 2 atom stereocenters. The highest BCUT2D eigenvalue weighted by atomic mass is 16.2. The number of benzene rings is 1. The third kappa shape index (κ3) is 2.71. The summed E-state index contributed by atoms with van der Waals surface area (Å²) in [5, 5.41) is 4.19. The first-order chi connectivity index (χ1) is 10.1. The fraction of sp³-hybridized carbons (Fsp3) is 0.412. The van der Waals surface area contributed by atoms with Gasteiger partial charge in [-0.25, -0.2) is 4.98 Å². The second kappa shape index (κ2) is 5.35. The lowest BCUT2D eigenvalue weighted by Crippen LogP contribution is -2.29. The molecule has 1 N–H and O–H groups in total. The van der Waals surface area contributed by atoms with Crippen molar-refractivity contribution in [1.29, 1.82) is 0 Å². The molecule has 110 valence electrons. The topological polar surface area (TPSA) is 45.2 Å². The van der Waals surface area contributed by atoms with E-state index in [9.17, 15) is 4.79 Å². The number of carbonyl (C=O) groups excluding carboxylic acids is 1. The lowest BCUT2D eigenvalue weighted by Gasteiger charge is -2.17. The number of nitrogens with zero attached hydrogens (tertiary/aromatic N) is 2. The van der Waals surface area contributed by atoms with Crippen molar-refractivity contribution < 1.29 is 4.79 Å². The fourth-order valence-corrected chi connectivity index (χ4v) is 2.78. The summed E-state index contributed by atoms with van der Waals surface area (Å²) >= 11 is 0. The van der Waals surface area contributed by atoms with Crippen LogP contribution in [-0.2, 0) is 0 Å². The van der Waals surface area contributed by atoms with Crippen LogP contribution in [0.3, 0.4) is 0 Å². The number of carbonyl (C=O) groups is 1. The Morgan fingerprint density at radius 2 is 2.14 bits per heavy atom. The number of nitrogens with one attached hydrogen (secondary N) is 1. The summed E-state index contributed by atoms with van der Waals surface area (Å²) < 4.78 is 0. The van der Waals surface area contributed by atoms with Gasteiger partial charge >= 0.3 is 0 Å². The van der Waals surface area contributed by atoms with Crippen LogP contribution in [0, 0.1) is 11.8 Å². The van der Waals surface area contributed by atoms with Gasteiger partial charge in [-0.3, -0.25) is 4.79 Å². The van der Waals surface area contributed by atoms with Gasteiger partial charge in [0.05, 0.1) is 5.52 Å². The molecule has 1 fully saturated rings. The minimum Gasteiger partial charge on any atom is -0.388 e. The van der Waals surface area contributed by atoms with E-state index in [1.165, 1.54) is 6.42 Å². The van der Waals surface area contributed by atoms with Crippen LogP contribution in [0.25, 0.3) is 10.9 Å². The van der Waals surface area contributed by atoms with Gasteiger partial charge in [0.1, 0.15) is 5.69 Å². The highest BCUT2D eigenvalue weighted by Crippen LogP contribution is 2.38. The van der Waals surface area contributed by atoms with Gasteiger partial charge in [-0.05, 0) is 30.4 Å². The van der Waals surface area contributed by atoms with Crippen LogP contribution in [0.5, 0.6) is 0 Å². The first-order valence-corrected chi connectivity index (χ1v) is 7.43. The van der Waals surface area contributed by atoms with Gasteiger partial charge in [-0.15, -0.1) is 0 Å². The van der Waals surface area contributed by atoms with Crippen molar-refractivity contribution in [3.8, 4) is 0 Å². The zero-order chi connectivity index (χ0) is 15.0. The van der Waals surface area contributed by atoms with Crippen molar-refractivity contribution in [3.05, 3.63) is 36.0 Å². The number of pyridine rings is 1. The molecule has 2 unspecified atom stereocenters. The van der Waals surface area contributed by atoms with Gasteiger partial charge < -0.3 is 10.2 Å². The van der Waals surface area contributed by atoms with Crippen molar-refractivity contribution in [2.24, 2.45) is 11.8 Å². The predicted molar refractivity (Wildman–Crippen MR) is 85.5 cm³/mol. The maximum absolute atomic E-state index is 12.6. The van der Waals surface area contributed by atoms with E-state index >= 15 is 0 Å². The molecule has 1 heterocycles. The summed E-state index contributed by atoms with van der Waals surface area (Å²) in [6.45, 7) is 3.06. The van der Waals surface area contributed by atoms with E-state index in [-0.39, 0.29) is 5.91 Å². The Bertz CT molecular complexity index is 683. The van der Waals surface area contributed by atoms with Crippen LogP contribution < -0.4 is 5.32 Å².